The number of hydrogen-bond acceptors (Lipinski definition) is 7. The number of carbonyl (C=O) groups excluding carboxylic acids is 3. The molecule has 0 aliphatic rings. The smallest absolute Gasteiger partial charge is 0.308 e. The van der Waals surface area contributed by atoms with Crippen molar-refractivity contribution in [2.24, 2.45) is 0 Å². The molecule has 7 nitrogen and oxygen atoms in total. The number of hydrogen-bond donors (Lipinski definition) is 0. The molecule has 0 unspecified atom stereocenters. The van der Waals surface area contributed by atoms with Crippen molar-refractivity contribution in [2.45, 2.75) is 45.6 Å². The molecule has 0 aliphatic carbocycles. The van der Waals surface area contributed by atoms with Crippen molar-refractivity contribution in [1.82, 2.24) is 0 Å². The van der Waals surface area contributed by atoms with E-state index in [4.69, 9.17) is 14.2 Å². The van der Waals surface area contributed by atoms with Crippen molar-refractivity contribution in [3.63, 3.8) is 0 Å². The van der Waals surface area contributed by atoms with E-state index in [1.807, 2.05) is 20.8 Å². The lowest BCUT2D eigenvalue weighted by Crippen LogP contribution is -2.24. The van der Waals surface area contributed by atoms with Crippen LogP contribution in [-0.4, -0.2) is 50.3 Å². The first-order valence-corrected chi connectivity index (χ1v) is 8.41. The van der Waals surface area contributed by atoms with Gasteiger partial charge in [0.2, 0.25) is 0 Å². The van der Waals surface area contributed by atoms with E-state index in [1.54, 1.807) is 0 Å². The van der Waals surface area contributed by atoms with Gasteiger partial charge in [-0.15, -0.1) is 0 Å². The molecule has 0 spiro atoms. The highest BCUT2D eigenvalue weighted by atomic mass is 79.9. The molecule has 0 aromatic heterocycles. The second kappa shape index (κ2) is 13.1. The minimum absolute atomic E-state index is 0.0850. The SMILES string of the molecule is CC(C)(C)OC(=O)CCOCCOCCCC(=O)/C=C(\Br)OC=O. The lowest BCUT2D eigenvalue weighted by Gasteiger charge is -2.19. The van der Waals surface area contributed by atoms with Gasteiger partial charge in [0.25, 0.3) is 6.47 Å². The molecule has 138 valence electrons. The van der Waals surface area contributed by atoms with E-state index in [-0.39, 0.29) is 42.3 Å². The minimum Gasteiger partial charge on any atom is -0.460 e. The van der Waals surface area contributed by atoms with Crippen LogP contribution < -0.4 is 0 Å². The lowest BCUT2D eigenvalue weighted by atomic mass is 10.2. The molecule has 0 saturated heterocycles. The first-order valence-electron chi connectivity index (χ1n) is 7.62. The summed E-state index contributed by atoms with van der Waals surface area (Å²) in [6.07, 6.45) is 2.25. The van der Waals surface area contributed by atoms with Gasteiger partial charge in [-0.25, -0.2) is 0 Å². The molecule has 0 bridgehead atoms. The summed E-state index contributed by atoms with van der Waals surface area (Å²) in [5.41, 5.74) is -0.484. The van der Waals surface area contributed by atoms with Crippen molar-refractivity contribution in [3.8, 4) is 0 Å². The van der Waals surface area contributed by atoms with Gasteiger partial charge < -0.3 is 18.9 Å². The standard InChI is InChI=1S/C16H25BrO7/c1-16(2,3)24-15(20)6-8-22-10-9-21-7-4-5-13(19)11-14(17)23-12-18/h11-12H,4-10H2,1-3H3/b14-11+. The summed E-state index contributed by atoms with van der Waals surface area (Å²) in [5.74, 6) is -0.458. The average Bonchev–Trinajstić information content (AvgIpc) is 2.43. The minimum atomic E-state index is -0.484. The second-order valence-electron chi connectivity index (χ2n) is 5.79. The molecule has 0 saturated carbocycles. The molecule has 0 heterocycles. The highest BCUT2D eigenvalue weighted by Gasteiger charge is 2.15. The van der Waals surface area contributed by atoms with Gasteiger partial charge in [-0.1, -0.05) is 0 Å². The van der Waals surface area contributed by atoms with Crippen LogP contribution in [-0.2, 0) is 33.3 Å². The number of rotatable bonds is 13. The topological polar surface area (TPSA) is 88.1 Å². The maximum atomic E-state index is 11.4. The fourth-order valence-electron chi connectivity index (χ4n) is 1.50. The van der Waals surface area contributed by atoms with Crippen LogP contribution in [0.4, 0.5) is 0 Å². The Bertz CT molecular complexity index is 427. The number of ketones is 1. The Balaban J connectivity index is 3.49. The van der Waals surface area contributed by atoms with Crippen LogP contribution in [0.25, 0.3) is 0 Å². The van der Waals surface area contributed by atoms with Crippen LogP contribution in [0.2, 0.25) is 0 Å². The molecule has 0 radical (unpaired) electrons. The van der Waals surface area contributed by atoms with Crippen LogP contribution >= 0.6 is 15.9 Å². The fraction of sp³-hybridized carbons (Fsp3) is 0.688. The maximum Gasteiger partial charge on any atom is 0.308 e. The van der Waals surface area contributed by atoms with Gasteiger partial charge in [-0.3, -0.25) is 14.4 Å². The van der Waals surface area contributed by atoms with Gasteiger partial charge in [-0.2, -0.15) is 0 Å². The molecule has 0 fully saturated rings. The Morgan fingerprint density at radius 1 is 1.00 bits per heavy atom. The Kier molecular flexibility index (Phi) is 12.4. The molecule has 0 atom stereocenters. The number of ether oxygens (including phenoxy) is 4. The number of halogens is 1. The predicted molar refractivity (Wildman–Crippen MR) is 90.5 cm³/mol. The van der Waals surface area contributed by atoms with Crippen molar-refractivity contribution < 1.29 is 33.3 Å². The third kappa shape index (κ3) is 15.6. The van der Waals surface area contributed by atoms with E-state index in [0.717, 1.165) is 0 Å². The average molecular weight is 409 g/mol. The van der Waals surface area contributed by atoms with Crippen LogP contribution in [0.1, 0.15) is 40.0 Å². The zero-order valence-electron chi connectivity index (χ0n) is 14.3. The van der Waals surface area contributed by atoms with E-state index < -0.39 is 5.60 Å². The van der Waals surface area contributed by atoms with Crippen LogP contribution in [0, 0.1) is 0 Å². The largest absolute Gasteiger partial charge is 0.460 e. The second-order valence-corrected chi connectivity index (χ2v) is 6.58. The Hall–Kier alpha value is -1.25. The van der Waals surface area contributed by atoms with Crippen LogP contribution in [0.15, 0.2) is 10.7 Å². The van der Waals surface area contributed by atoms with E-state index >= 15 is 0 Å². The monoisotopic (exact) mass is 408 g/mol. The zero-order chi connectivity index (χ0) is 18.4. The summed E-state index contributed by atoms with van der Waals surface area (Å²) in [5, 5.41) is 0. The third-order valence-corrected chi connectivity index (χ3v) is 2.81. The molecular formula is C16H25BrO7. The highest BCUT2D eigenvalue weighted by Crippen LogP contribution is 2.08. The summed E-state index contributed by atoms with van der Waals surface area (Å²) in [4.78, 5) is 32.9. The van der Waals surface area contributed by atoms with Crippen molar-refractivity contribution in [3.05, 3.63) is 10.7 Å². The Labute approximate surface area is 150 Å². The molecular weight excluding hydrogens is 384 g/mol. The molecule has 0 amide bonds. The highest BCUT2D eigenvalue weighted by molar-refractivity contribution is 9.11. The normalized spacial score (nSPS) is 11.9. The lowest BCUT2D eigenvalue weighted by molar-refractivity contribution is -0.156. The van der Waals surface area contributed by atoms with Gasteiger partial charge in [-0.05, 0) is 43.1 Å². The number of carbonyl (C=O) groups is 3. The van der Waals surface area contributed by atoms with Crippen molar-refractivity contribution in [2.75, 3.05) is 26.4 Å². The van der Waals surface area contributed by atoms with E-state index in [0.29, 0.717) is 26.2 Å². The van der Waals surface area contributed by atoms with Crippen LogP contribution in [0.3, 0.4) is 0 Å². The molecule has 0 rings (SSSR count). The quantitative estimate of drug-likeness (QED) is 0.152. The zero-order valence-corrected chi connectivity index (χ0v) is 15.9. The Morgan fingerprint density at radius 2 is 1.62 bits per heavy atom. The maximum absolute atomic E-state index is 11.4. The molecule has 24 heavy (non-hydrogen) atoms. The molecule has 0 aliphatic heterocycles. The van der Waals surface area contributed by atoms with Crippen molar-refractivity contribution in [1.29, 1.82) is 0 Å². The Morgan fingerprint density at radius 3 is 2.21 bits per heavy atom. The number of allylic oxidation sites excluding steroid dienone is 1. The fourth-order valence-corrected chi connectivity index (χ4v) is 1.83. The molecule has 8 heteroatoms. The van der Waals surface area contributed by atoms with E-state index in [1.165, 1.54) is 6.08 Å². The predicted octanol–water partition coefficient (Wildman–Crippen LogP) is 2.51. The summed E-state index contributed by atoms with van der Waals surface area (Å²) >= 11 is 2.93. The van der Waals surface area contributed by atoms with Gasteiger partial charge >= 0.3 is 5.97 Å². The summed E-state index contributed by atoms with van der Waals surface area (Å²) in [6, 6.07) is 0. The van der Waals surface area contributed by atoms with Gasteiger partial charge in [0.05, 0.1) is 26.2 Å². The molecule has 0 aromatic carbocycles. The van der Waals surface area contributed by atoms with Gasteiger partial charge in [0.15, 0.2) is 10.5 Å². The van der Waals surface area contributed by atoms with Crippen molar-refractivity contribution >= 4 is 34.2 Å². The van der Waals surface area contributed by atoms with Crippen LogP contribution in [0.5, 0.6) is 0 Å². The van der Waals surface area contributed by atoms with E-state index in [2.05, 4.69) is 20.7 Å². The van der Waals surface area contributed by atoms with Gasteiger partial charge in [0, 0.05) is 19.1 Å². The number of esters is 1. The molecule has 0 aromatic rings. The van der Waals surface area contributed by atoms with Gasteiger partial charge in [0.1, 0.15) is 5.60 Å². The first kappa shape index (κ1) is 22.8. The first-order chi connectivity index (χ1) is 11.2. The van der Waals surface area contributed by atoms with E-state index in [9.17, 15) is 14.4 Å². The molecule has 0 N–H and O–H groups in total. The third-order valence-electron chi connectivity index (χ3n) is 2.39. The summed E-state index contributed by atoms with van der Waals surface area (Å²) < 4.78 is 20.2. The summed E-state index contributed by atoms with van der Waals surface area (Å²) in [6.45, 7) is 7.13. The summed E-state index contributed by atoms with van der Waals surface area (Å²) in [7, 11) is 0.